The van der Waals surface area contributed by atoms with Crippen LogP contribution in [0, 0.1) is 5.92 Å². The molecule has 5 nitrogen and oxygen atoms in total. The average molecular weight is 354 g/mol. The van der Waals surface area contributed by atoms with E-state index in [2.05, 4.69) is 10.6 Å². The second-order valence-electron chi connectivity index (χ2n) is 6.95. The molecule has 0 saturated heterocycles. The number of benzene rings is 1. The van der Waals surface area contributed by atoms with E-state index in [-0.39, 0.29) is 17.6 Å². The third-order valence-corrected chi connectivity index (χ3v) is 4.91. The summed E-state index contributed by atoms with van der Waals surface area (Å²) in [6.45, 7) is 0. The summed E-state index contributed by atoms with van der Waals surface area (Å²) in [6, 6.07) is 10.4. The van der Waals surface area contributed by atoms with Gasteiger partial charge in [0.05, 0.1) is 6.26 Å². The zero-order valence-electron chi connectivity index (χ0n) is 15.0. The van der Waals surface area contributed by atoms with Crippen molar-refractivity contribution in [1.29, 1.82) is 0 Å². The quantitative estimate of drug-likeness (QED) is 0.716. The number of nitrogens with one attached hydrogen (secondary N) is 2. The highest BCUT2D eigenvalue weighted by atomic mass is 16.3. The Balaban J connectivity index is 1.40. The zero-order valence-corrected chi connectivity index (χ0v) is 15.0. The van der Waals surface area contributed by atoms with Gasteiger partial charge in [0.1, 0.15) is 0 Å². The monoisotopic (exact) mass is 354 g/mol. The van der Waals surface area contributed by atoms with Gasteiger partial charge < -0.3 is 15.1 Å². The zero-order chi connectivity index (χ0) is 18.2. The maximum absolute atomic E-state index is 12.1. The molecule has 0 unspecified atom stereocenters. The Morgan fingerprint density at radius 2 is 1.65 bits per heavy atom. The van der Waals surface area contributed by atoms with Crippen LogP contribution in [0.5, 0.6) is 0 Å². The van der Waals surface area contributed by atoms with Crippen molar-refractivity contribution in [3.8, 4) is 0 Å². The van der Waals surface area contributed by atoms with Gasteiger partial charge in [-0.25, -0.2) is 0 Å². The van der Waals surface area contributed by atoms with Crippen LogP contribution in [0.1, 0.15) is 61.9 Å². The van der Waals surface area contributed by atoms with Gasteiger partial charge in [0.25, 0.3) is 5.91 Å². The van der Waals surface area contributed by atoms with E-state index >= 15 is 0 Å². The summed E-state index contributed by atoms with van der Waals surface area (Å²) in [6.07, 6.45) is 10.8. The molecule has 1 aromatic carbocycles. The minimum Gasteiger partial charge on any atom is -0.459 e. The number of hydrogen-bond acceptors (Lipinski definition) is 3. The number of hydrogen-bond donors (Lipinski definition) is 2. The molecule has 0 radical (unpaired) electrons. The first-order chi connectivity index (χ1) is 12.7. The molecule has 0 atom stereocenters. The van der Waals surface area contributed by atoms with Gasteiger partial charge in [-0.1, -0.05) is 32.1 Å². The third kappa shape index (κ3) is 5.48. The van der Waals surface area contributed by atoms with Gasteiger partial charge in [0.2, 0.25) is 5.91 Å². The Morgan fingerprint density at radius 3 is 2.31 bits per heavy atom. The summed E-state index contributed by atoms with van der Waals surface area (Å²) in [7, 11) is 0. The molecule has 1 aliphatic carbocycles. The largest absolute Gasteiger partial charge is 0.459 e. The highest BCUT2D eigenvalue weighted by molar-refractivity contribution is 6.02. The maximum Gasteiger partial charge on any atom is 0.291 e. The molecule has 1 heterocycles. The van der Waals surface area contributed by atoms with Gasteiger partial charge in [0.15, 0.2) is 5.76 Å². The minimum absolute atomic E-state index is 0.0492. The Kier molecular flexibility index (Phi) is 6.47. The molecule has 1 fully saturated rings. The number of anilines is 2. The summed E-state index contributed by atoms with van der Waals surface area (Å²) in [5.41, 5.74) is 1.39. The van der Waals surface area contributed by atoms with Crippen molar-refractivity contribution in [2.24, 2.45) is 5.92 Å². The van der Waals surface area contributed by atoms with Crippen LogP contribution in [0.15, 0.2) is 47.1 Å². The molecule has 2 aromatic rings. The van der Waals surface area contributed by atoms with Gasteiger partial charge in [-0.3, -0.25) is 9.59 Å². The average Bonchev–Trinajstić information content (AvgIpc) is 3.19. The van der Waals surface area contributed by atoms with Crippen LogP contribution in [0.2, 0.25) is 0 Å². The van der Waals surface area contributed by atoms with Crippen LogP contribution in [-0.2, 0) is 4.79 Å². The van der Waals surface area contributed by atoms with E-state index in [1.807, 2.05) is 0 Å². The van der Waals surface area contributed by atoms with Crippen LogP contribution >= 0.6 is 0 Å². The summed E-state index contributed by atoms with van der Waals surface area (Å²) in [5.74, 6) is 0.830. The molecule has 26 heavy (non-hydrogen) atoms. The molecule has 5 heteroatoms. The van der Waals surface area contributed by atoms with Crippen molar-refractivity contribution in [2.45, 2.75) is 51.4 Å². The maximum atomic E-state index is 12.1. The minimum atomic E-state index is -0.297. The molecular weight excluding hydrogens is 328 g/mol. The lowest BCUT2D eigenvalue weighted by atomic mass is 9.86. The van der Waals surface area contributed by atoms with Crippen LogP contribution in [0.4, 0.5) is 11.4 Å². The lowest BCUT2D eigenvalue weighted by Crippen LogP contribution is -2.13. The van der Waals surface area contributed by atoms with Crippen molar-refractivity contribution in [1.82, 2.24) is 0 Å². The number of carbonyl (C=O) groups excluding carboxylic acids is 2. The molecule has 0 bridgehead atoms. The van der Waals surface area contributed by atoms with Crippen molar-refractivity contribution in [3.05, 3.63) is 48.4 Å². The Bertz CT molecular complexity index is 701. The van der Waals surface area contributed by atoms with E-state index in [1.54, 1.807) is 36.4 Å². The second-order valence-corrected chi connectivity index (χ2v) is 6.95. The lowest BCUT2D eigenvalue weighted by molar-refractivity contribution is -0.116. The molecule has 138 valence electrons. The van der Waals surface area contributed by atoms with E-state index in [0.717, 1.165) is 24.4 Å². The highest BCUT2D eigenvalue weighted by Crippen LogP contribution is 2.27. The standard InChI is InChI=1S/C21H26N2O3/c24-20(10-4-8-16-6-2-1-3-7-16)22-17-11-13-18(14-12-17)23-21(25)19-9-5-15-26-19/h5,9,11-16H,1-4,6-8,10H2,(H,22,24)(H,23,25). The van der Waals surface area contributed by atoms with Crippen molar-refractivity contribution in [3.63, 3.8) is 0 Å². The molecule has 3 rings (SSSR count). The first kappa shape index (κ1) is 18.2. The lowest BCUT2D eigenvalue weighted by Gasteiger charge is -2.21. The SMILES string of the molecule is O=C(CCCC1CCCCC1)Nc1ccc(NC(=O)c2ccco2)cc1. The second kappa shape index (κ2) is 9.22. The highest BCUT2D eigenvalue weighted by Gasteiger charge is 2.14. The van der Waals surface area contributed by atoms with Gasteiger partial charge >= 0.3 is 0 Å². The molecule has 1 saturated carbocycles. The molecule has 0 spiro atoms. The van der Waals surface area contributed by atoms with Gasteiger partial charge in [-0.15, -0.1) is 0 Å². The summed E-state index contributed by atoms with van der Waals surface area (Å²) >= 11 is 0. The Hall–Kier alpha value is -2.56. The van der Waals surface area contributed by atoms with E-state index in [9.17, 15) is 9.59 Å². The normalized spacial score (nSPS) is 14.8. The topological polar surface area (TPSA) is 71.3 Å². The summed E-state index contributed by atoms with van der Waals surface area (Å²) < 4.78 is 5.06. The van der Waals surface area contributed by atoms with E-state index in [4.69, 9.17) is 4.42 Å². The molecule has 1 aromatic heterocycles. The van der Waals surface area contributed by atoms with Gasteiger partial charge in [0, 0.05) is 17.8 Å². The van der Waals surface area contributed by atoms with Crippen LogP contribution in [-0.4, -0.2) is 11.8 Å². The molecule has 1 aliphatic rings. The predicted molar refractivity (Wildman–Crippen MR) is 102 cm³/mol. The van der Waals surface area contributed by atoms with E-state index in [0.29, 0.717) is 12.1 Å². The fourth-order valence-electron chi connectivity index (χ4n) is 3.49. The van der Waals surface area contributed by atoms with Crippen LogP contribution in [0.25, 0.3) is 0 Å². The van der Waals surface area contributed by atoms with Crippen LogP contribution in [0.3, 0.4) is 0 Å². The predicted octanol–water partition coefficient (Wildman–Crippen LogP) is 5.22. The Morgan fingerprint density at radius 1 is 0.962 bits per heavy atom. The van der Waals surface area contributed by atoms with Crippen molar-refractivity contribution in [2.75, 3.05) is 10.6 Å². The smallest absolute Gasteiger partial charge is 0.291 e. The summed E-state index contributed by atoms with van der Waals surface area (Å²) in [4.78, 5) is 24.0. The first-order valence-electron chi connectivity index (χ1n) is 9.45. The fourth-order valence-corrected chi connectivity index (χ4v) is 3.49. The van der Waals surface area contributed by atoms with Crippen molar-refractivity contribution >= 4 is 23.2 Å². The van der Waals surface area contributed by atoms with Crippen LogP contribution < -0.4 is 10.6 Å². The third-order valence-electron chi connectivity index (χ3n) is 4.91. The van der Waals surface area contributed by atoms with Gasteiger partial charge in [-0.2, -0.15) is 0 Å². The molecule has 2 amide bonds. The van der Waals surface area contributed by atoms with E-state index < -0.39 is 0 Å². The first-order valence-corrected chi connectivity index (χ1v) is 9.45. The molecule has 0 aliphatic heterocycles. The molecular formula is C21H26N2O3. The molecule has 2 N–H and O–H groups in total. The van der Waals surface area contributed by atoms with Gasteiger partial charge in [-0.05, 0) is 55.2 Å². The number of amides is 2. The Labute approximate surface area is 154 Å². The van der Waals surface area contributed by atoms with Crippen molar-refractivity contribution < 1.29 is 14.0 Å². The number of rotatable bonds is 7. The number of furan rings is 1. The fraction of sp³-hybridized carbons (Fsp3) is 0.429. The summed E-state index contributed by atoms with van der Waals surface area (Å²) in [5, 5.41) is 5.67. The number of carbonyl (C=O) groups is 2. The van der Waals surface area contributed by atoms with E-state index in [1.165, 1.54) is 38.4 Å².